The number of benzene rings is 2. The van der Waals surface area contributed by atoms with Crippen LogP contribution >= 0.6 is 0 Å². The first-order valence-electron chi connectivity index (χ1n) is 19.6. The van der Waals surface area contributed by atoms with Crippen molar-refractivity contribution in [3.8, 4) is 0 Å². The summed E-state index contributed by atoms with van der Waals surface area (Å²) in [5.41, 5.74) is 0.171. The van der Waals surface area contributed by atoms with Gasteiger partial charge >= 0.3 is 17.9 Å². The van der Waals surface area contributed by atoms with E-state index in [1.54, 1.807) is 30.3 Å². The Kier molecular flexibility index (Phi) is 11.9. The number of hydrogen-bond acceptors (Lipinski definition) is 9. The number of piperidine rings is 3. The molecule has 0 amide bonds. The smallest absolute Gasteiger partial charge is 0.339 e. The molecule has 3 N–H and O–H groups in total. The number of esters is 3. The second-order valence-electron chi connectivity index (χ2n) is 19.0. The largest absolute Gasteiger partial charge is 0.459 e. The Bertz CT molecular complexity index is 1630. The molecular weight excluding hydrogens is 654 g/mol. The van der Waals surface area contributed by atoms with Gasteiger partial charge in [0.25, 0.3) is 0 Å². The fourth-order valence-electron chi connectivity index (χ4n) is 8.74. The SMILES string of the molecule is CC(C)C1CC(OC(=O)c2ccc3c(C(=O)OC4CC(C(C)C)NC(C)(C)C4)c(C(=O)OC4CC(C(C)C)NC(C)(C)C4)ccc3c2)CC(C)(C)N1. The van der Waals surface area contributed by atoms with Gasteiger partial charge < -0.3 is 30.2 Å². The Morgan fingerprint density at radius 1 is 0.577 bits per heavy atom. The maximum Gasteiger partial charge on any atom is 0.339 e. The molecular formula is C43H65N3O6. The third kappa shape index (κ3) is 9.74. The molecule has 0 aromatic heterocycles. The molecule has 52 heavy (non-hydrogen) atoms. The van der Waals surface area contributed by atoms with Crippen molar-refractivity contribution in [2.75, 3.05) is 0 Å². The van der Waals surface area contributed by atoms with Crippen LogP contribution in [0.1, 0.15) is 153 Å². The van der Waals surface area contributed by atoms with Crippen molar-refractivity contribution >= 4 is 28.7 Å². The number of carbonyl (C=O) groups is 3. The summed E-state index contributed by atoms with van der Waals surface area (Å²) < 4.78 is 18.6. The monoisotopic (exact) mass is 719 g/mol. The molecule has 288 valence electrons. The molecule has 2 aromatic carbocycles. The Hall–Kier alpha value is -3.01. The first-order valence-corrected chi connectivity index (χ1v) is 19.6. The van der Waals surface area contributed by atoms with Gasteiger partial charge in [0.15, 0.2) is 0 Å². The molecule has 0 spiro atoms. The van der Waals surface area contributed by atoms with E-state index in [1.165, 1.54) is 0 Å². The minimum Gasteiger partial charge on any atom is -0.459 e. The normalized spacial score (nSPS) is 28.5. The maximum absolute atomic E-state index is 14.3. The fourth-order valence-corrected chi connectivity index (χ4v) is 8.74. The van der Waals surface area contributed by atoms with E-state index in [-0.39, 0.29) is 64.2 Å². The number of rotatable bonds is 9. The zero-order chi connectivity index (χ0) is 38.3. The predicted octanol–water partition coefficient (Wildman–Crippen LogP) is 7.98. The van der Waals surface area contributed by atoms with Crippen LogP contribution in [0.4, 0.5) is 0 Å². The lowest BCUT2D eigenvalue weighted by atomic mass is 9.83. The molecule has 3 fully saturated rings. The maximum atomic E-state index is 14.3. The summed E-state index contributed by atoms with van der Waals surface area (Å²) in [4.78, 5) is 42.0. The van der Waals surface area contributed by atoms with Crippen LogP contribution in [0.15, 0.2) is 30.3 Å². The van der Waals surface area contributed by atoms with Gasteiger partial charge in [-0.25, -0.2) is 14.4 Å². The van der Waals surface area contributed by atoms with Gasteiger partial charge in [-0.3, -0.25) is 0 Å². The van der Waals surface area contributed by atoms with Crippen LogP contribution in [0.2, 0.25) is 0 Å². The number of fused-ring (bicyclic) bond motifs is 1. The van der Waals surface area contributed by atoms with Crippen LogP contribution < -0.4 is 16.0 Å². The molecule has 3 heterocycles. The highest BCUT2D eigenvalue weighted by Gasteiger charge is 2.40. The van der Waals surface area contributed by atoms with Crippen LogP contribution in [-0.4, -0.2) is 71.0 Å². The van der Waals surface area contributed by atoms with Crippen LogP contribution in [0, 0.1) is 17.8 Å². The molecule has 6 atom stereocenters. The van der Waals surface area contributed by atoms with Crippen LogP contribution in [0.25, 0.3) is 10.8 Å². The van der Waals surface area contributed by atoms with E-state index in [2.05, 4.69) is 99.0 Å². The van der Waals surface area contributed by atoms with Crippen molar-refractivity contribution in [2.45, 2.75) is 175 Å². The van der Waals surface area contributed by atoms with Gasteiger partial charge in [0.1, 0.15) is 18.3 Å². The highest BCUT2D eigenvalue weighted by atomic mass is 16.6. The molecule has 5 rings (SSSR count). The predicted molar refractivity (Wildman–Crippen MR) is 207 cm³/mol. The first kappa shape index (κ1) is 40.2. The summed E-state index contributed by atoms with van der Waals surface area (Å²) in [6.45, 7) is 25.8. The number of nitrogens with one attached hydrogen (secondary N) is 3. The summed E-state index contributed by atoms with van der Waals surface area (Å²) in [5.74, 6) is -0.357. The van der Waals surface area contributed by atoms with Crippen molar-refractivity contribution in [3.63, 3.8) is 0 Å². The number of ether oxygens (including phenoxy) is 3. The second-order valence-corrected chi connectivity index (χ2v) is 19.0. The van der Waals surface area contributed by atoms with Crippen molar-refractivity contribution in [1.29, 1.82) is 0 Å². The van der Waals surface area contributed by atoms with E-state index >= 15 is 0 Å². The van der Waals surface area contributed by atoms with Gasteiger partial charge in [-0.05, 0) is 88.3 Å². The zero-order valence-electron chi connectivity index (χ0n) is 33.8. The average molecular weight is 720 g/mol. The third-order valence-corrected chi connectivity index (χ3v) is 11.4. The van der Waals surface area contributed by atoms with E-state index in [0.717, 1.165) is 6.42 Å². The van der Waals surface area contributed by atoms with Gasteiger partial charge in [0.05, 0.1) is 16.7 Å². The van der Waals surface area contributed by atoms with Crippen molar-refractivity contribution < 1.29 is 28.6 Å². The van der Waals surface area contributed by atoms with Crippen molar-refractivity contribution in [3.05, 3.63) is 47.0 Å². The van der Waals surface area contributed by atoms with E-state index in [4.69, 9.17) is 14.2 Å². The van der Waals surface area contributed by atoms with Gasteiger partial charge in [-0.1, -0.05) is 53.7 Å². The van der Waals surface area contributed by atoms with Gasteiger partial charge in [0.2, 0.25) is 0 Å². The molecule has 6 unspecified atom stereocenters. The summed E-state index contributed by atoms with van der Waals surface area (Å²) >= 11 is 0. The van der Waals surface area contributed by atoms with Gasteiger partial charge in [0, 0.05) is 73.3 Å². The minimum atomic E-state index is -0.555. The molecule has 3 saturated heterocycles. The first-order chi connectivity index (χ1) is 24.1. The summed E-state index contributed by atoms with van der Waals surface area (Å²) in [7, 11) is 0. The molecule has 2 aromatic rings. The summed E-state index contributed by atoms with van der Waals surface area (Å²) in [6, 6.07) is 9.25. The number of carbonyl (C=O) groups excluding carboxylic acids is 3. The average Bonchev–Trinajstić information content (AvgIpc) is 3.01. The van der Waals surface area contributed by atoms with Crippen LogP contribution in [0.3, 0.4) is 0 Å². The molecule has 0 saturated carbocycles. The standard InChI is InChI=1S/C43H65N3O6/c1-24(2)34-18-29(21-41(7,8)44-34)50-38(47)28-14-15-32-27(17-28)13-16-33(39(48)51-30-19-35(25(3)4)45-42(9,10)22-30)37(32)40(49)52-31-20-36(26(5)6)46-43(11,12)23-31/h13-17,24-26,29-31,34-36,44-46H,18-23H2,1-12H3. The molecule has 3 aliphatic rings. The number of hydrogen-bond donors (Lipinski definition) is 3. The zero-order valence-corrected chi connectivity index (χ0v) is 33.8. The van der Waals surface area contributed by atoms with Gasteiger partial charge in [-0.15, -0.1) is 0 Å². The lowest BCUT2D eigenvalue weighted by Gasteiger charge is -2.43. The Labute approximate surface area is 312 Å². The lowest BCUT2D eigenvalue weighted by Crippen LogP contribution is -2.56. The molecule has 0 radical (unpaired) electrons. The van der Waals surface area contributed by atoms with E-state index in [1.807, 2.05) is 0 Å². The fraction of sp³-hybridized carbons (Fsp3) is 0.698. The molecule has 0 bridgehead atoms. The Morgan fingerprint density at radius 2 is 0.981 bits per heavy atom. The van der Waals surface area contributed by atoms with E-state index < -0.39 is 17.9 Å². The van der Waals surface area contributed by atoms with Crippen molar-refractivity contribution in [2.24, 2.45) is 17.8 Å². The molecule has 9 nitrogen and oxygen atoms in total. The molecule has 0 aliphatic carbocycles. The highest BCUT2D eigenvalue weighted by Crippen LogP contribution is 2.34. The van der Waals surface area contributed by atoms with E-state index in [0.29, 0.717) is 66.2 Å². The lowest BCUT2D eigenvalue weighted by molar-refractivity contribution is -0.00372. The van der Waals surface area contributed by atoms with Crippen LogP contribution in [-0.2, 0) is 14.2 Å². The van der Waals surface area contributed by atoms with Crippen LogP contribution in [0.5, 0.6) is 0 Å². The van der Waals surface area contributed by atoms with Gasteiger partial charge in [-0.2, -0.15) is 0 Å². The molecule has 3 aliphatic heterocycles. The molecule has 9 heteroatoms. The Balaban J connectivity index is 1.46. The highest BCUT2D eigenvalue weighted by molar-refractivity contribution is 6.13. The third-order valence-electron chi connectivity index (χ3n) is 11.4. The summed E-state index contributed by atoms with van der Waals surface area (Å²) in [6.07, 6.45) is 3.30. The van der Waals surface area contributed by atoms with Crippen molar-refractivity contribution in [1.82, 2.24) is 16.0 Å². The Morgan fingerprint density at radius 3 is 1.40 bits per heavy atom. The quantitative estimate of drug-likeness (QED) is 0.175. The van der Waals surface area contributed by atoms with E-state index in [9.17, 15) is 14.4 Å². The topological polar surface area (TPSA) is 115 Å². The second kappa shape index (κ2) is 15.4. The summed E-state index contributed by atoms with van der Waals surface area (Å²) in [5, 5.41) is 12.3. The minimum absolute atomic E-state index is 0.153.